The van der Waals surface area contributed by atoms with E-state index in [0.717, 1.165) is 12.8 Å². The molecule has 1 aliphatic rings. The minimum absolute atomic E-state index is 0.220. The first kappa shape index (κ1) is 16.6. The predicted octanol–water partition coefficient (Wildman–Crippen LogP) is 3.73. The highest BCUT2D eigenvalue weighted by atomic mass is 35.5. The number of rotatable bonds is 1. The summed E-state index contributed by atoms with van der Waals surface area (Å²) in [6, 6.07) is 6.65. The Kier molecular flexibility index (Phi) is 4.96. The van der Waals surface area contributed by atoms with Gasteiger partial charge in [0.25, 0.3) is 5.91 Å². The van der Waals surface area contributed by atoms with Gasteiger partial charge in [0.2, 0.25) is 0 Å². The molecule has 0 spiro atoms. The molecular weight excluding hydrogens is 304 g/mol. The van der Waals surface area contributed by atoms with Crippen LogP contribution in [-0.2, 0) is 4.74 Å². The number of amides is 2. The summed E-state index contributed by atoms with van der Waals surface area (Å²) in [4.78, 5) is 24.9. The molecule has 5 nitrogen and oxygen atoms in total. The zero-order valence-corrected chi connectivity index (χ0v) is 13.9. The lowest BCUT2D eigenvalue weighted by molar-refractivity contribution is -0.0504. The Morgan fingerprint density at radius 1 is 1.05 bits per heavy atom. The maximum atomic E-state index is 12.6. The van der Waals surface area contributed by atoms with E-state index in [2.05, 4.69) is 0 Å². The Balaban J connectivity index is 2.17. The van der Waals surface area contributed by atoms with Crippen molar-refractivity contribution in [2.75, 3.05) is 13.1 Å². The van der Waals surface area contributed by atoms with Gasteiger partial charge in [-0.05, 0) is 57.9 Å². The number of ether oxygens (including phenoxy) is 1. The van der Waals surface area contributed by atoms with Gasteiger partial charge in [0.05, 0.1) is 0 Å². The fourth-order valence-electron chi connectivity index (χ4n) is 2.22. The van der Waals surface area contributed by atoms with Gasteiger partial charge in [0.1, 0.15) is 5.60 Å². The van der Waals surface area contributed by atoms with Crippen molar-refractivity contribution in [3.8, 4) is 0 Å². The van der Waals surface area contributed by atoms with Crippen molar-refractivity contribution in [3.63, 3.8) is 0 Å². The monoisotopic (exact) mass is 324 g/mol. The van der Waals surface area contributed by atoms with Crippen LogP contribution in [0.2, 0.25) is 5.02 Å². The third kappa shape index (κ3) is 4.13. The lowest BCUT2D eigenvalue weighted by Crippen LogP contribution is -2.54. The Labute approximate surface area is 135 Å². The first-order chi connectivity index (χ1) is 10.3. The highest BCUT2D eigenvalue weighted by Crippen LogP contribution is 2.19. The third-order valence-corrected chi connectivity index (χ3v) is 3.46. The number of nitrogens with zero attached hydrogens (tertiary/aromatic N) is 2. The van der Waals surface area contributed by atoms with Crippen LogP contribution in [0.3, 0.4) is 0 Å². The van der Waals surface area contributed by atoms with Crippen molar-refractivity contribution in [1.29, 1.82) is 0 Å². The molecule has 2 rings (SSSR count). The van der Waals surface area contributed by atoms with E-state index >= 15 is 0 Å². The Morgan fingerprint density at radius 2 is 1.59 bits per heavy atom. The number of benzene rings is 1. The van der Waals surface area contributed by atoms with Gasteiger partial charge < -0.3 is 4.74 Å². The molecule has 6 heteroatoms. The van der Waals surface area contributed by atoms with E-state index in [4.69, 9.17) is 16.3 Å². The van der Waals surface area contributed by atoms with Crippen LogP contribution in [0, 0.1) is 0 Å². The van der Waals surface area contributed by atoms with E-state index in [1.54, 1.807) is 45.0 Å². The standard InChI is InChI=1S/C16H21ClN2O3/c1-16(2,3)22-15(21)19-11-5-4-10-18(19)14(20)12-6-8-13(17)9-7-12/h6-9H,4-5,10-11H2,1-3H3. The Morgan fingerprint density at radius 3 is 2.14 bits per heavy atom. The summed E-state index contributed by atoms with van der Waals surface area (Å²) in [5.74, 6) is -0.220. The molecule has 0 atom stereocenters. The minimum atomic E-state index is -0.594. The molecule has 0 radical (unpaired) electrons. The van der Waals surface area contributed by atoms with Gasteiger partial charge in [-0.25, -0.2) is 14.8 Å². The third-order valence-electron chi connectivity index (χ3n) is 3.21. The van der Waals surface area contributed by atoms with Crippen LogP contribution in [-0.4, -0.2) is 40.7 Å². The molecule has 0 bridgehead atoms. The van der Waals surface area contributed by atoms with Crippen molar-refractivity contribution in [3.05, 3.63) is 34.9 Å². The van der Waals surface area contributed by atoms with Crippen LogP contribution in [0.25, 0.3) is 0 Å². The first-order valence-corrected chi connectivity index (χ1v) is 7.73. The Bertz CT molecular complexity index is 552. The molecule has 1 aliphatic heterocycles. The van der Waals surface area contributed by atoms with E-state index in [-0.39, 0.29) is 5.91 Å². The van der Waals surface area contributed by atoms with Gasteiger partial charge in [0.15, 0.2) is 0 Å². The molecule has 0 aromatic heterocycles. The van der Waals surface area contributed by atoms with Crippen molar-refractivity contribution in [2.45, 2.75) is 39.2 Å². The molecule has 2 amide bonds. The second-order valence-electron chi connectivity index (χ2n) is 6.25. The average molecular weight is 325 g/mol. The zero-order chi connectivity index (χ0) is 16.3. The van der Waals surface area contributed by atoms with E-state index < -0.39 is 11.7 Å². The lowest BCUT2D eigenvalue weighted by Gasteiger charge is -2.39. The maximum absolute atomic E-state index is 12.6. The molecule has 1 aromatic carbocycles. The molecule has 0 unspecified atom stereocenters. The number of carbonyl (C=O) groups excluding carboxylic acids is 2. The summed E-state index contributed by atoms with van der Waals surface area (Å²) >= 11 is 5.84. The van der Waals surface area contributed by atoms with Crippen LogP contribution in [0.15, 0.2) is 24.3 Å². The van der Waals surface area contributed by atoms with E-state index in [0.29, 0.717) is 23.7 Å². The van der Waals surface area contributed by atoms with E-state index in [1.807, 2.05) is 0 Å². The van der Waals surface area contributed by atoms with Crippen molar-refractivity contribution >= 4 is 23.6 Å². The highest BCUT2D eigenvalue weighted by molar-refractivity contribution is 6.30. The number of carbonyl (C=O) groups is 2. The topological polar surface area (TPSA) is 49.9 Å². The summed E-state index contributed by atoms with van der Waals surface area (Å²) in [5, 5.41) is 3.42. The number of hydrazine groups is 1. The van der Waals surface area contributed by atoms with Gasteiger partial charge in [-0.15, -0.1) is 0 Å². The summed E-state index contributed by atoms with van der Waals surface area (Å²) in [5.41, 5.74) is -0.0939. The highest BCUT2D eigenvalue weighted by Gasteiger charge is 2.32. The van der Waals surface area contributed by atoms with Crippen molar-refractivity contribution in [2.24, 2.45) is 0 Å². The largest absolute Gasteiger partial charge is 0.442 e. The molecule has 1 aromatic rings. The SMILES string of the molecule is CC(C)(C)OC(=O)N1CCCCN1C(=O)c1ccc(Cl)cc1. The van der Waals surface area contributed by atoms with Gasteiger partial charge in [-0.3, -0.25) is 4.79 Å². The molecule has 120 valence electrons. The molecule has 0 saturated carbocycles. The molecule has 0 N–H and O–H groups in total. The van der Waals surface area contributed by atoms with Gasteiger partial charge >= 0.3 is 6.09 Å². The molecule has 1 saturated heterocycles. The van der Waals surface area contributed by atoms with Crippen LogP contribution in [0.5, 0.6) is 0 Å². The number of hydrogen-bond acceptors (Lipinski definition) is 3. The normalized spacial score (nSPS) is 15.6. The number of hydrogen-bond donors (Lipinski definition) is 0. The smallest absolute Gasteiger partial charge is 0.429 e. The molecule has 22 heavy (non-hydrogen) atoms. The average Bonchev–Trinajstić information content (AvgIpc) is 2.45. The molecule has 1 fully saturated rings. The molecule has 0 aliphatic carbocycles. The molecule has 1 heterocycles. The van der Waals surface area contributed by atoms with Gasteiger partial charge in [-0.1, -0.05) is 11.6 Å². The Hall–Kier alpha value is -1.75. The fourth-order valence-corrected chi connectivity index (χ4v) is 2.35. The van der Waals surface area contributed by atoms with E-state index in [1.165, 1.54) is 10.0 Å². The summed E-state index contributed by atoms with van der Waals surface area (Å²) in [6.45, 7) is 6.40. The summed E-state index contributed by atoms with van der Waals surface area (Å²) in [6.07, 6.45) is 1.22. The maximum Gasteiger partial charge on any atom is 0.429 e. The quantitative estimate of drug-likeness (QED) is 0.791. The molecular formula is C16H21ClN2O3. The second kappa shape index (κ2) is 6.57. The van der Waals surface area contributed by atoms with Crippen molar-refractivity contribution < 1.29 is 14.3 Å². The van der Waals surface area contributed by atoms with Crippen LogP contribution >= 0.6 is 11.6 Å². The minimum Gasteiger partial charge on any atom is -0.442 e. The second-order valence-corrected chi connectivity index (χ2v) is 6.68. The van der Waals surface area contributed by atoms with Crippen LogP contribution in [0.1, 0.15) is 44.0 Å². The summed E-state index contributed by atoms with van der Waals surface area (Å²) < 4.78 is 5.38. The van der Waals surface area contributed by atoms with E-state index in [9.17, 15) is 9.59 Å². The fraction of sp³-hybridized carbons (Fsp3) is 0.500. The van der Waals surface area contributed by atoms with Gasteiger partial charge in [0, 0.05) is 23.7 Å². The zero-order valence-electron chi connectivity index (χ0n) is 13.1. The number of halogens is 1. The van der Waals surface area contributed by atoms with Crippen LogP contribution in [0.4, 0.5) is 4.79 Å². The lowest BCUT2D eigenvalue weighted by atomic mass is 10.2. The predicted molar refractivity (Wildman–Crippen MR) is 84.7 cm³/mol. The van der Waals surface area contributed by atoms with Gasteiger partial charge in [-0.2, -0.15) is 0 Å². The van der Waals surface area contributed by atoms with Crippen molar-refractivity contribution in [1.82, 2.24) is 10.0 Å². The summed E-state index contributed by atoms with van der Waals surface area (Å²) in [7, 11) is 0. The first-order valence-electron chi connectivity index (χ1n) is 7.36. The van der Waals surface area contributed by atoms with Crippen LogP contribution < -0.4 is 0 Å².